The van der Waals surface area contributed by atoms with Crippen LogP contribution in [0.3, 0.4) is 0 Å². The molecule has 50 valence electrons. The van der Waals surface area contributed by atoms with E-state index in [1.54, 1.807) is 0 Å². The Balaban J connectivity index is 2.26. The smallest absolute Gasteiger partial charge is 0.103 e. The van der Waals surface area contributed by atoms with Crippen molar-refractivity contribution in [1.82, 2.24) is 0 Å². The summed E-state index contributed by atoms with van der Waals surface area (Å²) >= 11 is 0. The highest BCUT2D eigenvalue weighted by atomic mass is 14.2. The summed E-state index contributed by atoms with van der Waals surface area (Å²) in [6.07, 6.45) is 7.70. The largest absolute Gasteiger partial charge is 0.105 e. The Kier molecular flexibility index (Phi) is 2.38. The van der Waals surface area contributed by atoms with Crippen LogP contribution in [0.25, 0.3) is 0 Å². The average Bonchev–Trinajstić information content (AvgIpc) is 1.90. The number of rotatable bonds is 1. The number of hydrogen-bond acceptors (Lipinski definition) is 0. The van der Waals surface area contributed by atoms with Crippen LogP contribution in [0.5, 0.6) is 0 Å². The summed E-state index contributed by atoms with van der Waals surface area (Å²) in [5.41, 5.74) is 0. The Morgan fingerprint density at radius 1 is 1.22 bits per heavy atom. The van der Waals surface area contributed by atoms with E-state index in [-0.39, 0.29) is 0 Å². The lowest BCUT2D eigenvalue weighted by Gasteiger charge is -2.23. The lowest BCUT2D eigenvalue weighted by atomic mass is 9.72. The molecule has 0 amide bonds. The molecule has 0 nitrogen and oxygen atoms in total. The van der Waals surface area contributed by atoms with E-state index < -0.39 is 0 Å². The number of allylic oxidation sites excluding steroid dienone is 1. The molecule has 0 aliphatic heterocycles. The summed E-state index contributed by atoms with van der Waals surface area (Å²) < 4.78 is 0. The van der Waals surface area contributed by atoms with Crippen molar-refractivity contribution in [2.45, 2.75) is 31.5 Å². The van der Waals surface area contributed by atoms with Gasteiger partial charge in [0.05, 0.1) is 0 Å². The third kappa shape index (κ3) is 1.89. The molecular weight excluding hydrogens is 107 g/mol. The van der Waals surface area contributed by atoms with Crippen LogP contribution in [-0.4, -0.2) is 7.85 Å². The Morgan fingerprint density at radius 3 is 2.22 bits per heavy atom. The minimum atomic E-state index is 0.834. The van der Waals surface area contributed by atoms with Crippen molar-refractivity contribution >= 4 is 7.85 Å². The molecule has 0 aromatic rings. The van der Waals surface area contributed by atoms with Crippen LogP contribution in [0, 0.1) is 5.92 Å². The molecular formula is C8H15B. The fourth-order valence-electron chi connectivity index (χ4n) is 1.52. The summed E-state index contributed by atoms with van der Waals surface area (Å²) in [6, 6.07) is 0. The van der Waals surface area contributed by atoms with Crippen LogP contribution in [0.4, 0.5) is 0 Å². The van der Waals surface area contributed by atoms with Crippen molar-refractivity contribution in [2.75, 3.05) is 0 Å². The maximum atomic E-state index is 3.81. The molecule has 1 fully saturated rings. The predicted molar refractivity (Wildman–Crippen MR) is 44.4 cm³/mol. The van der Waals surface area contributed by atoms with Gasteiger partial charge in [-0.15, -0.1) is 6.58 Å². The minimum absolute atomic E-state index is 0.834. The molecule has 1 aliphatic rings. The normalized spacial score (nSPS) is 36.0. The first-order valence-electron chi connectivity index (χ1n) is 3.95. The molecule has 0 saturated heterocycles. The van der Waals surface area contributed by atoms with E-state index >= 15 is 0 Å². The highest BCUT2D eigenvalue weighted by molar-refractivity contribution is 6.11. The zero-order chi connectivity index (χ0) is 6.69. The SMILES string of the molecule is BC1CCC(C=C)CC1. The molecule has 0 spiro atoms. The standard InChI is InChI=1S/C8H15B/c1-2-7-3-5-8(9)6-4-7/h2,7-8H,1,3-6,9H2. The number of hydrogen-bond donors (Lipinski definition) is 0. The van der Waals surface area contributed by atoms with E-state index in [0.717, 1.165) is 11.7 Å². The zero-order valence-electron chi connectivity index (χ0n) is 6.27. The minimum Gasteiger partial charge on any atom is -0.103 e. The summed E-state index contributed by atoms with van der Waals surface area (Å²) in [5, 5.41) is 0. The summed E-state index contributed by atoms with van der Waals surface area (Å²) in [4.78, 5) is 0. The second kappa shape index (κ2) is 3.10. The van der Waals surface area contributed by atoms with Gasteiger partial charge in [0, 0.05) is 0 Å². The van der Waals surface area contributed by atoms with E-state index in [1.807, 2.05) is 0 Å². The lowest BCUT2D eigenvalue weighted by molar-refractivity contribution is 0.420. The van der Waals surface area contributed by atoms with Gasteiger partial charge < -0.3 is 0 Å². The first-order valence-corrected chi connectivity index (χ1v) is 3.95. The maximum Gasteiger partial charge on any atom is 0.105 e. The Bertz CT molecular complexity index is 90.7. The van der Waals surface area contributed by atoms with Crippen LogP contribution in [0.15, 0.2) is 12.7 Å². The second-order valence-corrected chi connectivity index (χ2v) is 3.26. The maximum absolute atomic E-state index is 3.81. The van der Waals surface area contributed by atoms with Gasteiger partial charge in [0.25, 0.3) is 0 Å². The molecule has 0 radical (unpaired) electrons. The molecule has 0 bridgehead atoms. The van der Waals surface area contributed by atoms with E-state index in [2.05, 4.69) is 20.5 Å². The molecule has 1 aliphatic carbocycles. The van der Waals surface area contributed by atoms with Crippen molar-refractivity contribution in [2.24, 2.45) is 5.92 Å². The highest BCUT2D eigenvalue weighted by Gasteiger charge is 2.14. The van der Waals surface area contributed by atoms with Gasteiger partial charge in [0.2, 0.25) is 0 Å². The third-order valence-electron chi connectivity index (χ3n) is 2.39. The van der Waals surface area contributed by atoms with Crippen molar-refractivity contribution < 1.29 is 0 Å². The van der Waals surface area contributed by atoms with Gasteiger partial charge in [0.1, 0.15) is 7.85 Å². The van der Waals surface area contributed by atoms with Gasteiger partial charge in [-0.3, -0.25) is 0 Å². The quantitative estimate of drug-likeness (QED) is 0.367. The summed E-state index contributed by atoms with van der Waals surface area (Å²) in [6.45, 7) is 3.81. The average molecular weight is 122 g/mol. The fraction of sp³-hybridized carbons (Fsp3) is 0.750. The molecule has 0 heterocycles. The van der Waals surface area contributed by atoms with Crippen molar-refractivity contribution in [3.8, 4) is 0 Å². The third-order valence-corrected chi connectivity index (χ3v) is 2.39. The topological polar surface area (TPSA) is 0 Å². The predicted octanol–water partition coefficient (Wildman–Crippen LogP) is 1.78. The van der Waals surface area contributed by atoms with Gasteiger partial charge >= 0.3 is 0 Å². The molecule has 0 unspecified atom stereocenters. The fourth-order valence-corrected chi connectivity index (χ4v) is 1.52. The van der Waals surface area contributed by atoms with E-state index in [9.17, 15) is 0 Å². The van der Waals surface area contributed by atoms with Gasteiger partial charge in [-0.2, -0.15) is 0 Å². The van der Waals surface area contributed by atoms with Crippen LogP contribution in [-0.2, 0) is 0 Å². The lowest BCUT2D eigenvalue weighted by Crippen LogP contribution is -2.08. The van der Waals surface area contributed by atoms with Crippen LogP contribution >= 0.6 is 0 Å². The van der Waals surface area contributed by atoms with E-state index in [1.165, 1.54) is 25.7 Å². The molecule has 0 N–H and O–H groups in total. The Labute approximate surface area is 58.8 Å². The second-order valence-electron chi connectivity index (χ2n) is 3.26. The highest BCUT2D eigenvalue weighted by Crippen LogP contribution is 2.30. The first-order chi connectivity index (χ1) is 4.33. The van der Waals surface area contributed by atoms with Crippen LogP contribution in [0.2, 0.25) is 5.82 Å². The summed E-state index contributed by atoms with van der Waals surface area (Å²) in [5.74, 6) is 1.81. The van der Waals surface area contributed by atoms with Crippen LogP contribution < -0.4 is 0 Å². The molecule has 0 atom stereocenters. The molecule has 1 saturated carbocycles. The monoisotopic (exact) mass is 122 g/mol. The van der Waals surface area contributed by atoms with E-state index in [4.69, 9.17) is 0 Å². The van der Waals surface area contributed by atoms with Gasteiger partial charge in [0.15, 0.2) is 0 Å². The van der Waals surface area contributed by atoms with Crippen molar-refractivity contribution in [3.63, 3.8) is 0 Å². The molecule has 0 aromatic heterocycles. The first kappa shape index (κ1) is 6.92. The molecule has 0 aromatic carbocycles. The van der Waals surface area contributed by atoms with Crippen molar-refractivity contribution in [1.29, 1.82) is 0 Å². The van der Waals surface area contributed by atoms with Gasteiger partial charge in [-0.05, 0) is 18.8 Å². The van der Waals surface area contributed by atoms with Crippen LogP contribution in [0.1, 0.15) is 25.7 Å². The Morgan fingerprint density at radius 2 is 1.78 bits per heavy atom. The van der Waals surface area contributed by atoms with Crippen molar-refractivity contribution in [3.05, 3.63) is 12.7 Å². The Hall–Kier alpha value is -0.195. The molecule has 1 rings (SSSR count). The summed E-state index contributed by atoms with van der Waals surface area (Å²) in [7, 11) is 2.35. The van der Waals surface area contributed by atoms with Gasteiger partial charge in [-0.25, -0.2) is 0 Å². The molecule has 9 heavy (non-hydrogen) atoms. The van der Waals surface area contributed by atoms with E-state index in [0.29, 0.717) is 0 Å². The molecule has 1 heteroatoms. The zero-order valence-corrected chi connectivity index (χ0v) is 6.27. The van der Waals surface area contributed by atoms with Gasteiger partial charge in [-0.1, -0.05) is 24.7 Å².